The number of nitrogens with one attached hydrogen (secondary N) is 3. The topological polar surface area (TPSA) is 123 Å². The Morgan fingerprint density at radius 3 is 2.83 bits per heavy atom. The Kier molecular flexibility index (Phi) is 6.60. The van der Waals surface area contributed by atoms with Crippen molar-refractivity contribution in [3.8, 4) is 11.6 Å². The van der Waals surface area contributed by atoms with Crippen LogP contribution in [0.2, 0.25) is 0 Å². The number of ether oxygens (including phenoxy) is 2. The number of rotatable bonds is 6. The minimum absolute atomic E-state index is 0.0240. The fourth-order valence-electron chi connectivity index (χ4n) is 5.21. The molecule has 0 radical (unpaired) electrons. The standard InChI is InChI=1S/C25H29N7O3S/c1-34-21-12-27-18-6-7-19-22(23(18)32-21)17(8-9-35-19)29-15-4-2-14(3-5-15)26-10-16-11-28-25-24(30-16)31-20(33)13-36-25/h6-7,11-12,14-15,17,26,29H,2-5,8-10,13H2,1H3,(H,30,31,33)/t14?,15?,17-/m0/s1. The Bertz CT molecular complexity index is 1280. The van der Waals surface area contributed by atoms with E-state index in [4.69, 9.17) is 14.5 Å². The molecule has 2 aliphatic heterocycles. The van der Waals surface area contributed by atoms with Gasteiger partial charge in [-0.3, -0.25) is 4.79 Å². The number of fused-ring (bicyclic) bond motifs is 4. The molecule has 3 aliphatic rings. The van der Waals surface area contributed by atoms with Crippen LogP contribution in [0, 0.1) is 0 Å². The summed E-state index contributed by atoms with van der Waals surface area (Å²) in [4.78, 5) is 29.9. The predicted octanol–water partition coefficient (Wildman–Crippen LogP) is 2.99. The van der Waals surface area contributed by atoms with Crippen LogP contribution in [0.3, 0.4) is 0 Å². The first-order valence-corrected chi connectivity index (χ1v) is 13.4. The molecule has 36 heavy (non-hydrogen) atoms. The van der Waals surface area contributed by atoms with E-state index in [-0.39, 0.29) is 11.9 Å². The minimum Gasteiger partial charge on any atom is -0.493 e. The van der Waals surface area contributed by atoms with Crippen molar-refractivity contribution < 1.29 is 14.3 Å². The van der Waals surface area contributed by atoms with Crippen LogP contribution in [-0.2, 0) is 11.3 Å². The van der Waals surface area contributed by atoms with E-state index in [9.17, 15) is 4.79 Å². The van der Waals surface area contributed by atoms with Gasteiger partial charge in [-0.2, -0.15) is 0 Å². The van der Waals surface area contributed by atoms with Crippen LogP contribution in [0.1, 0.15) is 49.4 Å². The van der Waals surface area contributed by atoms with Crippen LogP contribution < -0.4 is 25.4 Å². The summed E-state index contributed by atoms with van der Waals surface area (Å²) < 4.78 is 11.3. The molecule has 1 aliphatic carbocycles. The molecule has 4 heterocycles. The van der Waals surface area contributed by atoms with Gasteiger partial charge in [-0.25, -0.2) is 19.9 Å². The van der Waals surface area contributed by atoms with Gasteiger partial charge in [-0.15, -0.1) is 0 Å². The number of methoxy groups -OCH3 is 1. The van der Waals surface area contributed by atoms with Crippen molar-refractivity contribution in [2.75, 3.05) is 24.8 Å². The molecule has 1 amide bonds. The van der Waals surface area contributed by atoms with Crippen LogP contribution in [0.5, 0.6) is 11.6 Å². The fraction of sp³-hybridized carbons (Fsp3) is 0.480. The van der Waals surface area contributed by atoms with Crippen LogP contribution in [0.4, 0.5) is 5.82 Å². The average Bonchev–Trinajstić information content (AvgIpc) is 2.92. The van der Waals surface area contributed by atoms with Crippen LogP contribution in [0.15, 0.2) is 29.6 Å². The Morgan fingerprint density at radius 1 is 1.11 bits per heavy atom. The van der Waals surface area contributed by atoms with Gasteiger partial charge >= 0.3 is 0 Å². The third-order valence-electron chi connectivity index (χ3n) is 7.04. The second-order valence-corrected chi connectivity index (χ2v) is 10.4. The van der Waals surface area contributed by atoms with E-state index in [0.717, 1.165) is 65.2 Å². The van der Waals surface area contributed by atoms with Crippen molar-refractivity contribution in [2.24, 2.45) is 0 Å². The first-order valence-electron chi connectivity index (χ1n) is 12.4. The van der Waals surface area contributed by atoms with E-state index in [1.54, 1.807) is 19.5 Å². The van der Waals surface area contributed by atoms with E-state index in [1.165, 1.54) is 11.8 Å². The number of benzene rings is 1. The van der Waals surface area contributed by atoms with Gasteiger partial charge in [0, 0.05) is 36.7 Å². The molecule has 1 fully saturated rings. The summed E-state index contributed by atoms with van der Waals surface area (Å²) >= 11 is 1.43. The van der Waals surface area contributed by atoms with E-state index in [0.29, 0.717) is 42.7 Å². The number of hydrogen-bond donors (Lipinski definition) is 3. The second-order valence-electron chi connectivity index (χ2n) is 9.40. The number of aromatic nitrogens is 4. The Balaban J connectivity index is 1.07. The highest BCUT2D eigenvalue weighted by Crippen LogP contribution is 2.38. The maximum Gasteiger partial charge on any atom is 0.236 e. The maximum absolute atomic E-state index is 11.6. The zero-order valence-electron chi connectivity index (χ0n) is 20.1. The van der Waals surface area contributed by atoms with E-state index < -0.39 is 0 Å². The third kappa shape index (κ3) is 4.82. The van der Waals surface area contributed by atoms with Crippen molar-refractivity contribution in [2.45, 2.75) is 61.8 Å². The van der Waals surface area contributed by atoms with Gasteiger partial charge < -0.3 is 25.4 Å². The largest absolute Gasteiger partial charge is 0.493 e. The summed E-state index contributed by atoms with van der Waals surface area (Å²) in [5.74, 6) is 2.34. The summed E-state index contributed by atoms with van der Waals surface area (Å²) in [5, 5.41) is 11.1. The molecule has 0 saturated heterocycles. The molecular formula is C25H29N7O3S. The molecule has 10 nitrogen and oxygen atoms in total. The molecule has 188 valence electrons. The van der Waals surface area contributed by atoms with E-state index in [1.807, 2.05) is 12.1 Å². The fourth-order valence-corrected chi connectivity index (χ4v) is 5.91. The van der Waals surface area contributed by atoms with E-state index in [2.05, 4.69) is 30.9 Å². The van der Waals surface area contributed by atoms with Gasteiger partial charge in [-0.05, 0) is 37.8 Å². The second kappa shape index (κ2) is 10.2. The zero-order chi connectivity index (χ0) is 24.5. The highest BCUT2D eigenvalue weighted by Gasteiger charge is 2.29. The molecule has 6 rings (SSSR count). The molecule has 1 aromatic carbocycles. The monoisotopic (exact) mass is 507 g/mol. The van der Waals surface area contributed by atoms with Crippen molar-refractivity contribution in [1.82, 2.24) is 30.6 Å². The average molecular weight is 508 g/mol. The molecule has 3 aromatic rings. The highest BCUT2D eigenvalue weighted by atomic mass is 32.2. The SMILES string of the molecule is COc1cnc2ccc3c(c2n1)[C@@H](NC1CCC(NCc2cnc4c(n2)NC(=O)CS4)CC1)CCO3. The van der Waals surface area contributed by atoms with Crippen molar-refractivity contribution in [1.29, 1.82) is 0 Å². The molecule has 0 unspecified atom stereocenters. The Morgan fingerprint density at radius 2 is 1.97 bits per heavy atom. The summed E-state index contributed by atoms with van der Waals surface area (Å²) in [6.45, 7) is 1.33. The van der Waals surface area contributed by atoms with Gasteiger partial charge in [0.2, 0.25) is 11.8 Å². The molecule has 2 aromatic heterocycles. The number of carbonyl (C=O) groups is 1. The van der Waals surface area contributed by atoms with Gasteiger partial charge in [0.05, 0.1) is 43.1 Å². The lowest BCUT2D eigenvalue weighted by Crippen LogP contribution is -2.42. The van der Waals surface area contributed by atoms with Crippen LogP contribution >= 0.6 is 11.8 Å². The Hall–Kier alpha value is -3.02. The first kappa shape index (κ1) is 23.4. The smallest absolute Gasteiger partial charge is 0.236 e. The van der Waals surface area contributed by atoms with Gasteiger partial charge in [-0.1, -0.05) is 11.8 Å². The van der Waals surface area contributed by atoms with Gasteiger partial charge in [0.15, 0.2) is 5.82 Å². The number of thioether (sulfide) groups is 1. The number of nitrogens with zero attached hydrogens (tertiary/aromatic N) is 4. The number of amides is 1. The summed E-state index contributed by atoms with van der Waals surface area (Å²) in [6.07, 6.45) is 8.70. The van der Waals surface area contributed by atoms with Crippen molar-refractivity contribution in [3.63, 3.8) is 0 Å². The molecule has 0 bridgehead atoms. The van der Waals surface area contributed by atoms with Gasteiger partial charge in [0.25, 0.3) is 0 Å². The van der Waals surface area contributed by atoms with Gasteiger partial charge in [0.1, 0.15) is 16.3 Å². The van der Waals surface area contributed by atoms with Crippen LogP contribution in [-0.4, -0.2) is 57.4 Å². The lowest BCUT2D eigenvalue weighted by molar-refractivity contribution is -0.113. The predicted molar refractivity (Wildman–Crippen MR) is 136 cm³/mol. The molecule has 1 atom stereocenters. The molecule has 11 heteroatoms. The quantitative estimate of drug-likeness (QED) is 0.459. The highest BCUT2D eigenvalue weighted by molar-refractivity contribution is 8.00. The number of hydrogen-bond acceptors (Lipinski definition) is 10. The zero-order valence-corrected chi connectivity index (χ0v) is 20.9. The molecule has 0 spiro atoms. The number of anilines is 1. The van der Waals surface area contributed by atoms with Crippen LogP contribution in [0.25, 0.3) is 11.0 Å². The lowest BCUT2D eigenvalue weighted by atomic mass is 9.89. The molecular weight excluding hydrogens is 478 g/mol. The third-order valence-corrected chi connectivity index (χ3v) is 8.01. The minimum atomic E-state index is -0.0240. The summed E-state index contributed by atoms with van der Waals surface area (Å²) in [7, 11) is 1.61. The first-order chi connectivity index (χ1) is 17.7. The molecule has 1 saturated carbocycles. The summed E-state index contributed by atoms with van der Waals surface area (Å²) in [6, 6.07) is 5.00. The van der Waals surface area contributed by atoms with E-state index >= 15 is 0 Å². The van der Waals surface area contributed by atoms with Crippen molar-refractivity contribution in [3.05, 3.63) is 35.8 Å². The summed E-state index contributed by atoms with van der Waals surface area (Å²) in [5.41, 5.74) is 3.63. The normalized spacial score (nSPS) is 23.4. The van der Waals surface area contributed by atoms with Crippen molar-refractivity contribution >= 4 is 34.5 Å². The number of carbonyl (C=O) groups excluding carboxylic acids is 1. The molecule has 3 N–H and O–H groups in total. The maximum atomic E-state index is 11.6. The lowest BCUT2D eigenvalue weighted by Gasteiger charge is -2.35. The Labute approximate surface area is 213 Å².